The lowest BCUT2D eigenvalue weighted by atomic mass is 10.1. The maximum absolute atomic E-state index is 11.4. The topological polar surface area (TPSA) is 132 Å². The lowest BCUT2D eigenvalue weighted by Crippen LogP contribution is -2.19. The normalized spacial score (nSPS) is 10.9. The van der Waals surface area contributed by atoms with Crippen LogP contribution in [0.2, 0.25) is 0 Å². The van der Waals surface area contributed by atoms with Gasteiger partial charge >= 0.3 is 0 Å². The third-order valence-electron chi connectivity index (χ3n) is 2.16. The summed E-state index contributed by atoms with van der Waals surface area (Å²) in [4.78, 5) is 22.1. The molecule has 1 aromatic carbocycles. The third kappa shape index (κ3) is 3.45. The van der Waals surface area contributed by atoms with Crippen LogP contribution in [-0.4, -0.2) is 26.0 Å². The number of hydrogen-bond donors (Lipinski definition) is 3. The molecule has 0 aliphatic rings. The predicted octanol–water partition coefficient (Wildman–Crippen LogP) is -0.354. The highest BCUT2D eigenvalue weighted by Gasteiger charge is 2.12. The first-order chi connectivity index (χ1) is 8.25. The highest BCUT2D eigenvalue weighted by atomic mass is 32.2. The van der Waals surface area contributed by atoms with E-state index in [9.17, 15) is 18.0 Å². The van der Waals surface area contributed by atoms with E-state index in [-0.39, 0.29) is 22.6 Å². The molecule has 98 valence electrons. The van der Waals surface area contributed by atoms with Crippen molar-refractivity contribution in [2.45, 2.75) is 6.92 Å². The Morgan fingerprint density at radius 2 is 1.56 bits per heavy atom. The van der Waals surface area contributed by atoms with Crippen molar-refractivity contribution in [3.8, 4) is 0 Å². The average Bonchev–Trinajstić information content (AvgIpc) is 2.27. The maximum atomic E-state index is 11.4. The number of primary amides is 2. The van der Waals surface area contributed by atoms with Gasteiger partial charge in [-0.05, 0) is 25.1 Å². The predicted molar refractivity (Wildman–Crippen MR) is 66.6 cm³/mol. The lowest BCUT2D eigenvalue weighted by molar-refractivity contribution is 0.0999. The Balaban J connectivity index is 3.28. The van der Waals surface area contributed by atoms with Gasteiger partial charge in [-0.2, -0.15) is 0 Å². The molecule has 0 fully saturated rings. The van der Waals surface area contributed by atoms with Crippen LogP contribution in [0.1, 0.15) is 27.6 Å². The van der Waals surface area contributed by atoms with Crippen LogP contribution in [0.15, 0.2) is 18.2 Å². The molecular formula is C10H13N3O4S. The molecule has 0 unspecified atom stereocenters. The first kappa shape index (κ1) is 14.0. The Morgan fingerprint density at radius 3 is 1.89 bits per heavy atom. The second-order valence-electron chi connectivity index (χ2n) is 3.53. The van der Waals surface area contributed by atoms with E-state index in [0.29, 0.717) is 0 Å². The average molecular weight is 271 g/mol. The van der Waals surface area contributed by atoms with Crippen molar-refractivity contribution < 1.29 is 18.0 Å². The van der Waals surface area contributed by atoms with Crippen molar-refractivity contribution in [1.82, 2.24) is 0 Å². The molecule has 0 aliphatic heterocycles. The third-order valence-corrected chi connectivity index (χ3v) is 3.46. The van der Waals surface area contributed by atoms with E-state index >= 15 is 0 Å². The van der Waals surface area contributed by atoms with Gasteiger partial charge in [-0.15, -0.1) is 0 Å². The first-order valence-electron chi connectivity index (χ1n) is 5.00. The number of carbonyl (C=O) groups is 2. The van der Waals surface area contributed by atoms with Crippen molar-refractivity contribution in [2.75, 3.05) is 10.5 Å². The Morgan fingerprint density at radius 1 is 1.11 bits per heavy atom. The Kier molecular flexibility index (Phi) is 3.92. The highest BCUT2D eigenvalue weighted by molar-refractivity contribution is 7.92. The number of sulfonamides is 1. The zero-order valence-corrected chi connectivity index (χ0v) is 10.5. The molecule has 0 atom stereocenters. The second-order valence-corrected chi connectivity index (χ2v) is 5.54. The number of rotatable bonds is 5. The minimum absolute atomic E-state index is 0.0000954. The molecule has 1 rings (SSSR count). The molecule has 0 aliphatic carbocycles. The van der Waals surface area contributed by atoms with Crippen LogP contribution in [-0.2, 0) is 10.0 Å². The number of anilines is 1. The van der Waals surface area contributed by atoms with Crippen LogP contribution in [0.3, 0.4) is 0 Å². The fraction of sp³-hybridized carbons (Fsp3) is 0.200. The number of nitrogens with one attached hydrogen (secondary N) is 1. The standard InChI is InChI=1S/C10H13N3O4S/c1-2-18(16,17)13-8-4-6(9(11)14)3-7(5-8)10(12)15/h3-5,13H,2H2,1H3,(H2,11,14)(H2,12,15). The Labute approximate surface area is 104 Å². The molecule has 0 radical (unpaired) electrons. The summed E-state index contributed by atoms with van der Waals surface area (Å²) >= 11 is 0. The summed E-state index contributed by atoms with van der Waals surface area (Å²) < 4.78 is 25.0. The van der Waals surface area contributed by atoms with E-state index < -0.39 is 21.8 Å². The van der Waals surface area contributed by atoms with Crippen LogP contribution in [0.25, 0.3) is 0 Å². The largest absolute Gasteiger partial charge is 0.366 e. The summed E-state index contributed by atoms with van der Waals surface area (Å²) in [6.07, 6.45) is 0. The quantitative estimate of drug-likeness (QED) is 0.674. The van der Waals surface area contributed by atoms with Gasteiger partial charge in [0.2, 0.25) is 21.8 Å². The fourth-order valence-electron chi connectivity index (χ4n) is 1.22. The number of nitrogens with two attached hydrogens (primary N) is 2. The molecule has 18 heavy (non-hydrogen) atoms. The van der Waals surface area contributed by atoms with Crippen molar-refractivity contribution in [3.63, 3.8) is 0 Å². The number of carbonyl (C=O) groups excluding carboxylic acids is 2. The molecule has 0 saturated heterocycles. The highest BCUT2D eigenvalue weighted by Crippen LogP contribution is 2.16. The Hall–Kier alpha value is -2.09. The maximum Gasteiger partial charge on any atom is 0.248 e. The summed E-state index contributed by atoms with van der Waals surface area (Å²) in [7, 11) is -3.51. The van der Waals surface area contributed by atoms with Gasteiger partial charge in [0.25, 0.3) is 0 Å². The van der Waals surface area contributed by atoms with Crippen molar-refractivity contribution in [3.05, 3.63) is 29.3 Å². The van der Waals surface area contributed by atoms with Crippen LogP contribution < -0.4 is 16.2 Å². The molecule has 2 amide bonds. The Bertz CT molecular complexity index is 563. The van der Waals surface area contributed by atoms with Gasteiger partial charge in [-0.25, -0.2) is 8.42 Å². The summed E-state index contributed by atoms with van der Waals surface area (Å²) in [6.45, 7) is 1.45. The zero-order chi connectivity index (χ0) is 13.9. The molecule has 0 bridgehead atoms. The minimum Gasteiger partial charge on any atom is -0.366 e. The lowest BCUT2D eigenvalue weighted by Gasteiger charge is -2.08. The number of hydrogen-bond acceptors (Lipinski definition) is 4. The van der Waals surface area contributed by atoms with Gasteiger partial charge in [-0.3, -0.25) is 14.3 Å². The van der Waals surface area contributed by atoms with E-state index in [1.54, 1.807) is 0 Å². The van der Waals surface area contributed by atoms with Gasteiger partial charge in [0, 0.05) is 11.1 Å². The van der Waals surface area contributed by atoms with Gasteiger partial charge in [-0.1, -0.05) is 0 Å². The summed E-state index contributed by atoms with van der Waals surface area (Å²) in [5.41, 5.74) is 10.2. The van der Waals surface area contributed by atoms with Gasteiger partial charge in [0.1, 0.15) is 0 Å². The van der Waals surface area contributed by atoms with E-state index in [4.69, 9.17) is 11.5 Å². The van der Waals surface area contributed by atoms with Crippen molar-refractivity contribution in [2.24, 2.45) is 11.5 Å². The SMILES string of the molecule is CCS(=O)(=O)Nc1cc(C(N)=O)cc(C(N)=O)c1. The first-order valence-corrected chi connectivity index (χ1v) is 6.65. The van der Waals surface area contributed by atoms with Gasteiger partial charge in [0.05, 0.1) is 11.4 Å². The van der Waals surface area contributed by atoms with Crippen LogP contribution in [0.5, 0.6) is 0 Å². The van der Waals surface area contributed by atoms with Crippen molar-refractivity contribution in [1.29, 1.82) is 0 Å². The molecule has 8 heteroatoms. The molecular weight excluding hydrogens is 258 g/mol. The molecule has 5 N–H and O–H groups in total. The van der Waals surface area contributed by atoms with Gasteiger partial charge in [0.15, 0.2) is 0 Å². The summed E-state index contributed by atoms with van der Waals surface area (Å²) in [5, 5.41) is 0. The molecule has 1 aromatic rings. The van der Waals surface area contributed by atoms with E-state index in [2.05, 4.69) is 4.72 Å². The van der Waals surface area contributed by atoms with E-state index in [1.165, 1.54) is 25.1 Å². The van der Waals surface area contributed by atoms with Crippen molar-refractivity contribution >= 4 is 27.5 Å². The fourth-order valence-corrected chi connectivity index (χ4v) is 1.84. The molecule has 7 nitrogen and oxygen atoms in total. The summed E-state index contributed by atoms with van der Waals surface area (Å²) in [5.74, 6) is -1.70. The van der Waals surface area contributed by atoms with Crippen LogP contribution >= 0.6 is 0 Å². The summed E-state index contributed by atoms with van der Waals surface area (Å²) in [6, 6.07) is 3.68. The van der Waals surface area contributed by atoms with Crippen LogP contribution in [0, 0.1) is 0 Å². The molecule has 0 spiro atoms. The van der Waals surface area contributed by atoms with Crippen LogP contribution in [0.4, 0.5) is 5.69 Å². The minimum atomic E-state index is -3.51. The zero-order valence-electron chi connectivity index (χ0n) is 9.64. The second kappa shape index (κ2) is 5.05. The van der Waals surface area contributed by atoms with Gasteiger partial charge < -0.3 is 11.5 Å². The van der Waals surface area contributed by atoms with E-state index in [1.807, 2.05) is 0 Å². The molecule has 0 aromatic heterocycles. The van der Waals surface area contributed by atoms with E-state index in [0.717, 1.165) is 0 Å². The monoisotopic (exact) mass is 271 g/mol. The molecule has 0 saturated carbocycles. The number of amides is 2. The smallest absolute Gasteiger partial charge is 0.248 e. The molecule has 0 heterocycles. The number of benzene rings is 1.